The summed E-state index contributed by atoms with van der Waals surface area (Å²) in [6.07, 6.45) is 0. The van der Waals surface area contributed by atoms with Crippen LogP contribution in [0.2, 0.25) is 0 Å². The minimum Gasteiger partial charge on any atom is -0.455 e. The lowest BCUT2D eigenvalue weighted by molar-refractivity contribution is -0.144. The summed E-state index contributed by atoms with van der Waals surface area (Å²) in [7, 11) is -3.93. The number of ketones is 1. The number of ether oxygens (including phenoxy) is 1. The van der Waals surface area contributed by atoms with Crippen LogP contribution in [0.5, 0.6) is 0 Å². The van der Waals surface area contributed by atoms with Gasteiger partial charge < -0.3 is 9.26 Å². The predicted octanol–water partition coefficient (Wildman–Crippen LogP) is 2.72. The second-order valence-electron chi connectivity index (χ2n) is 6.09. The molecule has 1 heterocycles. The Bertz CT molecular complexity index is 1170. The molecule has 0 radical (unpaired) electrons. The molecule has 0 bridgehead atoms. The van der Waals surface area contributed by atoms with Gasteiger partial charge in [0.2, 0.25) is 15.8 Å². The topological polar surface area (TPSA) is 128 Å². The molecule has 0 aliphatic rings. The molecule has 30 heavy (non-hydrogen) atoms. The maximum absolute atomic E-state index is 12.2. The van der Waals surface area contributed by atoms with E-state index in [9.17, 15) is 18.0 Å². The number of hydrogen-bond donors (Lipinski definition) is 1. The molecular formula is C19H16BrN3O6S. The maximum atomic E-state index is 12.2. The number of Topliss-reactive ketones (excluding diaryl/α,β-unsaturated/α-hetero) is 1. The zero-order valence-corrected chi connectivity index (χ0v) is 18.1. The number of carbonyl (C=O) groups is 2. The van der Waals surface area contributed by atoms with Gasteiger partial charge in [-0.1, -0.05) is 45.4 Å². The number of esters is 1. The van der Waals surface area contributed by atoms with Crippen molar-refractivity contribution in [3.63, 3.8) is 0 Å². The van der Waals surface area contributed by atoms with Gasteiger partial charge in [-0.25, -0.2) is 8.42 Å². The molecule has 11 heteroatoms. The quantitative estimate of drug-likeness (QED) is 0.374. The number of rotatable bonds is 8. The van der Waals surface area contributed by atoms with Gasteiger partial charge in [0, 0.05) is 15.6 Å². The molecular weight excluding hydrogens is 478 g/mol. The summed E-state index contributed by atoms with van der Waals surface area (Å²) in [5.41, 5.74) is 1.10. The Kier molecular flexibility index (Phi) is 6.75. The fourth-order valence-electron chi connectivity index (χ4n) is 2.36. The van der Waals surface area contributed by atoms with Crippen LogP contribution in [0.25, 0.3) is 11.4 Å². The van der Waals surface area contributed by atoms with E-state index in [1.54, 1.807) is 12.1 Å². The van der Waals surface area contributed by atoms with E-state index in [0.29, 0.717) is 17.0 Å². The third kappa shape index (κ3) is 5.59. The van der Waals surface area contributed by atoms with E-state index in [4.69, 9.17) is 9.26 Å². The van der Waals surface area contributed by atoms with Crippen molar-refractivity contribution in [2.45, 2.75) is 18.4 Å². The molecule has 156 valence electrons. The van der Waals surface area contributed by atoms with Crippen LogP contribution in [-0.2, 0) is 26.2 Å². The number of sulfonamides is 1. The first-order valence-electron chi connectivity index (χ1n) is 8.59. The summed E-state index contributed by atoms with van der Waals surface area (Å²) in [5, 5.41) is 3.82. The Labute approximate surface area is 180 Å². The van der Waals surface area contributed by atoms with E-state index in [1.807, 2.05) is 12.1 Å². The molecule has 3 rings (SSSR count). The summed E-state index contributed by atoms with van der Waals surface area (Å²) < 4.78 is 37.5. The fourth-order valence-corrected chi connectivity index (χ4v) is 3.73. The van der Waals surface area contributed by atoms with Crippen molar-refractivity contribution in [1.82, 2.24) is 14.9 Å². The number of nitrogens with one attached hydrogen (secondary N) is 1. The SMILES string of the molecule is CC(=O)c1ccc(S(=O)(=O)NCC(=O)OCc2nc(-c3cccc(Br)c3)no2)cc1. The first-order chi connectivity index (χ1) is 14.2. The van der Waals surface area contributed by atoms with Crippen LogP contribution in [0.15, 0.2) is 62.4 Å². The van der Waals surface area contributed by atoms with Crippen molar-refractivity contribution in [1.29, 1.82) is 0 Å². The highest BCUT2D eigenvalue weighted by molar-refractivity contribution is 9.10. The van der Waals surface area contributed by atoms with E-state index in [0.717, 1.165) is 4.47 Å². The second-order valence-corrected chi connectivity index (χ2v) is 8.77. The highest BCUT2D eigenvalue weighted by atomic mass is 79.9. The molecule has 0 amide bonds. The molecule has 0 fully saturated rings. The largest absolute Gasteiger partial charge is 0.455 e. The minimum absolute atomic E-state index is 0.0704. The Morgan fingerprint density at radius 1 is 1.17 bits per heavy atom. The number of halogens is 1. The molecule has 1 aromatic heterocycles. The average Bonchev–Trinajstić information content (AvgIpc) is 3.20. The van der Waals surface area contributed by atoms with E-state index in [-0.39, 0.29) is 23.2 Å². The third-order valence-corrected chi connectivity index (χ3v) is 5.80. The molecule has 0 spiro atoms. The van der Waals surface area contributed by atoms with Gasteiger partial charge in [0.25, 0.3) is 5.89 Å². The van der Waals surface area contributed by atoms with Crippen LogP contribution in [0, 0.1) is 0 Å². The number of carbonyl (C=O) groups excluding carboxylic acids is 2. The molecule has 9 nitrogen and oxygen atoms in total. The molecule has 0 aliphatic heterocycles. The lowest BCUT2D eigenvalue weighted by atomic mass is 10.2. The van der Waals surface area contributed by atoms with Gasteiger partial charge in [0.1, 0.15) is 6.54 Å². The highest BCUT2D eigenvalue weighted by Gasteiger charge is 2.17. The van der Waals surface area contributed by atoms with E-state index < -0.39 is 22.5 Å². The fraction of sp³-hybridized carbons (Fsp3) is 0.158. The Morgan fingerprint density at radius 3 is 2.57 bits per heavy atom. The number of nitrogens with zero attached hydrogens (tertiary/aromatic N) is 2. The normalized spacial score (nSPS) is 11.3. The van der Waals surface area contributed by atoms with Gasteiger partial charge in [0.15, 0.2) is 12.4 Å². The van der Waals surface area contributed by atoms with Crippen molar-refractivity contribution in [3.8, 4) is 11.4 Å². The highest BCUT2D eigenvalue weighted by Crippen LogP contribution is 2.20. The summed E-state index contributed by atoms with van der Waals surface area (Å²) >= 11 is 3.35. The predicted molar refractivity (Wildman–Crippen MR) is 109 cm³/mol. The molecule has 0 atom stereocenters. The van der Waals surface area contributed by atoms with Crippen LogP contribution in [0.4, 0.5) is 0 Å². The number of hydrogen-bond acceptors (Lipinski definition) is 8. The van der Waals surface area contributed by atoms with Crippen LogP contribution in [-0.4, -0.2) is 36.9 Å². The zero-order valence-electron chi connectivity index (χ0n) is 15.7. The van der Waals surface area contributed by atoms with Gasteiger partial charge in [0.05, 0.1) is 4.90 Å². The van der Waals surface area contributed by atoms with Crippen molar-refractivity contribution in [2.75, 3.05) is 6.54 Å². The first kappa shape index (κ1) is 21.8. The second kappa shape index (κ2) is 9.28. The van der Waals surface area contributed by atoms with Gasteiger partial charge in [-0.3, -0.25) is 9.59 Å². The smallest absolute Gasteiger partial charge is 0.321 e. The van der Waals surface area contributed by atoms with Gasteiger partial charge in [-0.2, -0.15) is 9.71 Å². The average molecular weight is 494 g/mol. The molecule has 1 N–H and O–H groups in total. The summed E-state index contributed by atoms with van der Waals surface area (Å²) in [4.78, 5) is 27.2. The molecule has 3 aromatic rings. The van der Waals surface area contributed by atoms with Crippen molar-refractivity contribution in [2.24, 2.45) is 0 Å². The monoisotopic (exact) mass is 493 g/mol. The molecule has 0 aliphatic carbocycles. The van der Waals surface area contributed by atoms with Gasteiger partial charge in [-0.15, -0.1) is 0 Å². The lowest BCUT2D eigenvalue weighted by Gasteiger charge is -2.07. The molecule has 0 unspecified atom stereocenters. The van der Waals surface area contributed by atoms with Crippen molar-refractivity contribution in [3.05, 3.63) is 64.5 Å². The summed E-state index contributed by atoms with van der Waals surface area (Å²) in [6, 6.07) is 12.6. The third-order valence-electron chi connectivity index (χ3n) is 3.89. The Morgan fingerprint density at radius 2 is 1.90 bits per heavy atom. The number of aromatic nitrogens is 2. The van der Waals surface area contributed by atoms with Crippen LogP contribution < -0.4 is 4.72 Å². The molecule has 0 saturated carbocycles. The van der Waals surface area contributed by atoms with E-state index >= 15 is 0 Å². The minimum atomic E-state index is -3.93. The van der Waals surface area contributed by atoms with E-state index in [1.165, 1.54) is 31.2 Å². The lowest BCUT2D eigenvalue weighted by Crippen LogP contribution is -2.30. The van der Waals surface area contributed by atoms with Crippen molar-refractivity contribution >= 4 is 37.7 Å². The maximum Gasteiger partial charge on any atom is 0.321 e. The zero-order chi connectivity index (χ0) is 21.7. The van der Waals surface area contributed by atoms with E-state index in [2.05, 4.69) is 30.8 Å². The standard InChI is InChI=1S/C19H16BrN3O6S/c1-12(24)13-5-7-16(8-6-13)30(26,27)21-10-18(25)28-11-17-22-19(23-29-17)14-3-2-4-15(20)9-14/h2-9,21H,10-11H2,1H3. The van der Waals surface area contributed by atoms with Gasteiger partial charge in [-0.05, 0) is 31.2 Å². The summed E-state index contributed by atoms with van der Waals surface area (Å²) in [6.45, 7) is 0.501. The Hall–Kier alpha value is -2.89. The molecule has 2 aromatic carbocycles. The van der Waals surface area contributed by atoms with Crippen LogP contribution in [0.3, 0.4) is 0 Å². The molecule has 0 saturated heterocycles. The number of benzene rings is 2. The Balaban J connectivity index is 1.53. The van der Waals surface area contributed by atoms with Crippen LogP contribution >= 0.6 is 15.9 Å². The van der Waals surface area contributed by atoms with Crippen LogP contribution in [0.1, 0.15) is 23.2 Å². The van der Waals surface area contributed by atoms with Gasteiger partial charge >= 0.3 is 5.97 Å². The first-order valence-corrected chi connectivity index (χ1v) is 10.9. The summed E-state index contributed by atoms with van der Waals surface area (Å²) in [5.74, 6) is -0.598. The van der Waals surface area contributed by atoms with Crippen molar-refractivity contribution < 1.29 is 27.3 Å².